The van der Waals surface area contributed by atoms with Crippen LogP contribution in [-0.4, -0.2) is 34.6 Å². The Morgan fingerprint density at radius 1 is 1.50 bits per heavy atom. The van der Waals surface area contributed by atoms with Crippen molar-refractivity contribution in [1.29, 1.82) is 0 Å². The van der Waals surface area contributed by atoms with Crippen LogP contribution in [0.25, 0.3) is 0 Å². The van der Waals surface area contributed by atoms with Gasteiger partial charge in [0, 0.05) is 10.9 Å². The molecule has 2 N–H and O–H groups in total. The zero-order valence-electron chi connectivity index (χ0n) is 7.94. The SMILES string of the molecule is NC1CO[N+]([O-])=C2C=Nc3no[n+]([O-])c3C21. The smallest absolute Gasteiger partial charge is 0.337 e. The van der Waals surface area contributed by atoms with Crippen LogP contribution in [-0.2, 0) is 4.84 Å². The second kappa shape index (κ2) is 2.92. The Bertz CT molecular complexity index is 507. The maximum Gasteiger partial charge on any atom is 0.337 e. The number of fused-ring (bicyclic) bond motifs is 3. The zero-order chi connectivity index (χ0) is 11.3. The van der Waals surface area contributed by atoms with Crippen molar-refractivity contribution in [2.45, 2.75) is 12.0 Å². The van der Waals surface area contributed by atoms with Gasteiger partial charge in [-0.05, 0) is 4.90 Å². The molecule has 0 fully saturated rings. The summed E-state index contributed by atoms with van der Waals surface area (Å²) >= 11 is 0. The monoisotopic (exact) mass is 225 g/mol. The maximum absolute atomic E-state index is 11.4. The van der Waals surface area contributed by atoms with Gasteiger partial charge in [0.2, 0.25) is 5.69 Å². The number of nitrogens with zero attached hydrogens (tertiary/aromatic N) is 4. The van der Waals surface area contributed by atoms with Gasteiger partial charge in [-0.15, -0.1) is 0 Å². The number of aliphatic imine (C=N–C) groups is 1. The van der Waals surface area contributed by atoms with E-state index in [9.17, 15) is 10.4 Å². The molecule has 2 atom stereocenters. The third kappa shape index (κ3) is 1.03. The Labute approximate surface area is 88.5 Å². The van der Waals surface area contributed by atoms with Crippen LogP contribution in [0.15, 0.2) is 9.62 Å². The Kier molecular flexibility index (Phi) is 1.66. The van der Waals surface area contributed by atoms with Crippen LogP contribution in [0.5, 0.6) is 0 Å². The van der Waals surface area contributed by atoms with Gasteiger partial charge in [-0.3, -0.25) is 9.84 Å². The third-order valence-corrected chi connectivity index (χ3v) is 2.58. The lowest BCUT2D eigenvalue weighted by atomic mass is 9.90. The maximum atomic E-state index is 11.4. The van der Waals surface area contributed by atoms with Crippen molar-refractivity contribution in [3.8, 4) is 0 Å². The van der Waals surface area contributed by atoms with Gasteiger partial charge >= 0.3 is 5.82 Å². The fourth-order valence-electron chi connectivity index (χ4n) is 1.85. The van der Waals surface area contributed by atoms with Crippen molar-refractivity contribution < 1.29 is 19.3 Å². The predicted molar refractivity (Wildman–Crippen MR) is 48.9 cm³/mol. The summed E-state index contributed by atoms with van der Waals surface area (Å²) < 4.78 is 4.42. The van der Waals surface area contributed by atoms with Crippen molar-refractivity contribution >= 4 is 17.7 Å². The Morgan fingerprint density at radius 2 is 2.31 bits per heavy atom. The van der Waals surface area contributed by atoms with E-state index in [0.717, 1.165) is 0 Å². The van der Waals surface area contributed by atoms with E-state index in [-0.39, 0.29) is 28.7 Å². The summed E-state index contributed by atoms with van der Waals surface area (Å²) in [6.07, 6.45) is 1.28. The number of hydrogen-bond donors (Lipinski definition) is 1. The van der Waals surface area contributed by atoms with Gasteiger partial charge in [0.15, 0.2) is 0 Å². The van der Waals surface area contributed by atoms with E-state index in [1.54, 1.807) is 0 Å². The molecule has 0 saturated heterocycles. The Morgan fingerprint density at radius 3 is 3.12 bits per heavy atom. The molecule has 0 aliphatic carbocycles. The van der Waals surface area contributed by atoms with E-state index >= 15 is 0 Å². The van der Waals surface area contributed by atoms with Gasteiger partial charge in [-0.2, -0.15) is 0 Å². The van der Waals surface area contributed by atoms with Gasteiger partial charge < -0.3 is 15.8 Å². The molecule has 84 valence electrons. The summed E-state index contributed by atoms with van der Waals surface area (Å²) in [6.45, 7) is 0.0239. The molecule has 0 aromatic carbocycles. The highest BCUT2D eigenvalue weighted by atomic mass is 16.9. The molecule has 1 aromatic heterocycles. The van der Waals surface area contributed by atoms with Crippen molar-refractivity contribution in [3.63, 3.8) is 0 Å². The van der Waals surface area contributed by atoms with E-state index in [1.807, 2.05) is 0 Å². The lowest BCUT2D eigenvalue weighted by molar-refractivity contribution is -0.809. The molecule has 2 aliphatic heterocycles. The van der Waals surface area contributed by atoms with E-state index in [0.29, 0.717) is 4.90 Å². The quantitative estimate of drug-likeness (QED) is 0.526. The van der Waals surface area contributed by atoms with E-state index in [2.05, 4.69) is 14.8 Å². The summed E-state index contributed by atoms with van der Waals surface area (Å²) in [4.78, 5) is 9.10. The first-order valence-corrected chi connectivity index (χ1v) is 4.55. The van der Waals surface area contributed by atoms with Gasteiger partial charge in [-0.25, -0.2) is 4.99 Å². The molecule has 9 nitrogen and oxygen atoms in total. The molecule has 0 spiro atoms. The second-order valence-corrected chi connectivity index (χ2v) is 3.52. The Hall–Kier alpha value is -2.16. The first-order valence-electron chi connectivity index (χ1n) is 4.55. The fraction of sp³-hybridized carbons (Fsp3) is 0.429. The van der Waals surface area contributed by atoms with Gasteiger partial charge in [-0.1, -0.05) is 0 Å². The highest BCUT2D eigenvalue weighted by Crippen LogP contribution is 2.30. The molecule has 0 amide bonds. The molecular weight excluding hydrogens is 218 g/mol. The first kappa shape index (κ1) is 9.09. The van der Waals surface area contributed by atoms with Crippen LogP contribution in [0.4, 0.5) is 5.82 Å². The van der Waals surface area contributed by atoms with Crippen LogP contribution in [0.2, 0.25) is 0 Å². The van der Waals surface area contributed by atoms with Crippen LogP contribution in [0.1, 0.15) is 11.6 Å². The summed E-state index contributed by atoms with van der Waals surface area (Å²) in [5.41, 5.74) is 6.13. The van der Waals surface area contributed by atoms with Crippen molar-refractivity contribution in [3.05, 3.63) is 16.1 Å². The van der Waals surface area contributed by atoms with Crippen LogP contribution < -0.4 is 10.6 Å². The fourth-order valence-corrected chi connectivity index (χ4v) is 1.85. The minimum atomic E-state index is -0.595. The minimum absolute atomic E-state index is 0.0239. The number of rotatable bonds is 0. The molecule has 16 heavy (non-hydrogen) atoms. The molecule has 2 unspecified atom stereocenters. The summed E-state index contributed by atoms with van der Waals surface area (Å²) in [5, 5.41) is 26.2. The first-order chi connectivity index (χ1) is 7.68. The molecule has 3 heterocycles. The third-order valence-electron chi connectivity index (χ3n) is 2.58. The Balaban J connectivity index is 2.22. The van der Waals surface area contributed by atoms with Crippen molar-refractivity contribution in [2.24, 2.45) is 10.7 Å². The zero-order valence-corrected chi connectivity index (χ0v) is 7.94. The minimum Gasteiger partial charge on any atom is -0.401 e. The van der Waals surface area contributed by atoms with E-state index < -0.39 is 12.0 Å². The summed E-state index contributed by atoms with van der Waals surface area (Å²) in [6, 6.07) is -0.509. The number of aromatic nitrogens is 2. The molecule has 0 radical (unpaired) electrons. The van der Waals surface area contributed by atoms with E-state index in [1.165, 1.54) is 6.21 Å². The molecule has 1 aromatic rings. The van der Waals surface area contributed by atoms with Crippen LogP contribution >= 0.6 is 0 Å². The molecule has 3 rings (SSSR count). The highest BCUT2D eigenvalue weighted by Gasteiger charge is 2.45. The number of nitrogens with two attached hydrogens (primary N) is 1. The lowest BCUT2D eigenvalue weighted by Gasteiger charge is -2.26. The highest BCUT2D eigenvalue weighted by molar-refractivity contribution is 6.32. The topological polar surface area (TPSA) is 127 Å². The lowest BCUT2D eigenvalue weighted by Crippen LogP contribution is -2.50. The van der Waals surface area contributed by atoms with Crippen molar-refractivity contribution in [2.75, 3.05) is 6.61 Å². The van der Waals surface area contributed by atoms with Gasteiger partial charge in [0.25, 0.3) is 5.71 Å². The molecule has 2 aliphatic rings. The predicted octanol–water partition coefficient (Wildman–Crippen LogP) is -1.67. The van der Waals surface area contributed by atoms with E-state index in [4.69, 9.17) is 10.6 Å². The average Bonchev–Trinajstić information content (AvgIpc) is 2.66. The van der Waals surface area contributed by atoms with Gasteiger partial charge in [0.1, 0.15) is 12.1 Å². The number of hydrogen-bond acceptors (Lipinski definition) is 7. The summed E-state index contributed by atoms with van der Waals surface area (Å²) in [7, 11) is 0. The summed E-state index contributed by atoms with van der Waals surface area (Å²) in [5.74, 6) is -0.447. The molecular formula is C7H7N5O4. The largest absolute Gasteiger partial charge is 0.401 e. The van der Waals surface area contributed by atoms with Crippen molar-refractivity contribution in [1.82, 2.24) is 5.16 Å². The molecule has 0 bridgehead atoms. The van der Waals surface area contributed by atoms with Crippen LogP contribution in [0.3, 0.4) is 0 Å². The molecule has 0 saturated carbocycles. The average molecular weight is 225 g/mol. The second-order valence-electron chi connectivity index (χ2n) is 3.52. The standard InChI is InChI=1S/C7H7N5O4/c8-3-2-15-11(13)4-1-9-7-6(5(3)4)12(14)16-10-7/h1,3,5H,2,8H2. The normalized spacial score (nSPS) is 27.3. The van der Waals surface area contributed by atoms with Crippen LogP contribution in [0, 0.1) is 10.4 Å². The van der Waals surface area contributed by atoms with Gasteiger partial charge in [0.05, 0.1) is 11.8 Å². The molecule has 9 heteroatoms.